The first-order valence-electron chi connectivity index (χ1n) is 9.41. The Morgan fingerprint density at radius 2 is 1.70 bits per heavy atom. The fraction of sp³-hybridized carbons (Fsp3) is 0.375. The summed E-state index contributed by atoms with van der Waals surface area (Å²) in [5.74, 6) is 0.653. The first-order chi connectivity index (χ1) is 12.8. The molecule has 1 aromatic rings. The highest BCUT2D eigenvalue weighted by molar-refractivity contribution is 5.83. The molecule has 0 atom stereocenters. The highest BCUT2D eigenvalue weighted by atomic mass is 16.5. The van der Waals surface area contributed by atoms with Gasteiger partial charge < -0.3 is 9.47 Å². The van der Waals surface area contributed by atoms with Gasteiger partial charge in [0.25, 0.3) is 0 Å². The predicted octanol–water partition coefficient (Wildman–Crippen LogP) is 6.04. The number of hydrogen-bond acceptors (Lipinski definition) is 3. The summed E-state index contributed by atoms with van der Waals surface area (Å²) in [4.78, 5) is 11.4. The molecule has 0 bridgehead atoms. The Kier molecular flexibility index (Phi) is 9.35. The van der Waals surface area contributed by atoms with Gasteiger partial charge in [0.15, 0.2) is 0 Å². The number of allylic oxidation sites excluding steroid dienone is 6. The third-order valence-electron chi connectivity index (χ3n) is 4.27. The van der Waals surface area contributed by atoms with Gasteiger partial charge in [-0.05, 0) is 82.4 Å². The van der Waals surface area contributed by atoms with Crippen LogP contribution >= 0.6 is 0 Å². The monoisotopic (exact) mass is 368 g/mol. The Morgan fingerprint density at radius 1 is 1.00 bits per heavy atom. The zero-order valence-corrected chi connectivity index (χ0v) is 17.7. The molecule has 1 rings (SSSR count). The smallest absolute Gasteiger partial charge is 0.330 e. The minimum Gasteiger partial charge on any atom is -0.494 e. The quantitative estimate of drug-likeness (QED) is 0.319. The van der Waals surface area contributed by atoms with E-state index in [9.17, 15) is 4.79 Å². The fourth-order valence-corrected chi connectivity index (χ4v) is 2.67. The summed E-state index contributed by atoms with van der Waals surface area (Å²) in [5, 5.41) is 0. The molecular weight excluding hydrogens is 336 g/mol. The minimum absolute atomic E-state index is 0.308. The van der Waals surface area contributed by atoms with Gasteiger partial charge in [-0.25, -0.2) is 4.79 Å². The Balaban J connectivity index is 2.90. The summed E-state index contributed by atoms with van der Waals surface area (Å²) in [6, 6.07) is 2.11. The molecule has 0 spiro atoms. The second kappa shape index (κ2) is 11.2. The molecule has 0 saturated heterocycles. The van der Waals surface area contributed by atoms with Crippen LogP contribution in [0.5, 0.6) is 5.75 Å². The van der Waals surface area contributed by atoms with Crippen LogP contribution < -0.4 is 4.74 Å². The summed E-state index contributed by atoms with van der Waals surface area (Å²) in [6.45, 7) is 15.1. The van der Waals surface area contributed by atoms with E-state index in [0.29, 0.717) is 13.2 Å². The molecule has 0 heterocycles. The lowest BCUT2D eigenvalue weighted by atomic mass is 9.96. The van der Waals surface area contributed by atoms with Gasteiger partial charge in [0.2, 0.25) is 0 Å². The van der Waals surface area contributed by atoms with Gasteiger partial charge in [0.05, 0.1) is 13.2 Å². The van der Waals surface area contributed by atoms with Gasteiger partial charge in [-0.15, -0.1) is 0 Å². The van der Waals surface area contributed by atoms with Gasteiger partial charge in [-0.1, -0.05) is 36.0 Å². The molecule has 27 heavy (non-hydrogen) atoms. The first-order valence-corrected chi connectivity index (χ1v) is 9.41. The first kappa shape index (κ1) is 22.5. The van der Waals surface area contributed by atoms with Crippen molar-refractivity contribution < 1.29 is 14.3 Å². The number of rotatable bonds is 8. The van der Waals surface area contributed by atoms with Crippen molar-refractivity contribution in [3.8, 4) is 5.75 Å². The number of benzene rings is 1. The van der Waals surface area contributed by atoms with Crippen LogP contribution in [-0.2, 0) is 9.53 Å². The van der Waals surface area contributed by atoms with E-state index in [1.807, 2.05) is 32.1 Å². The zero-order chi connectivity index (χ0) is 20.4. The van der Waals surface area contributed by atoms with Crippen molar-refractivity contribution in [1.29, 1.82) is 0 Å². The topological polar surface area (TPSA) is 35.5 Å². The van der Waals surface area contributed by atoms with Crippen molar-refractivity contribution in [3.05, 3.63) is 69.8 Å². The van der Waals surface area contributed by atoms with E-state index in [-0.39, 0.29) is 5.97 Å². The van der Waals surface area contributed by atoms with E-state index >= 15 is 0 Å². The summed E-state index contributed by atoms with van der Waals surface area (Å²) >= 11 is 0. The highest BCUT2D eigenvalue weighted by Gasteiger charge is 2.08. The molecule has 0 unspecified atom stereocenters. The van der Waals surface area contributed by atoms with Crippen LogP contribution in [0.15, 0.2) is 47.6 Å². The fourth-order valence-electron chi connectivity index (χ4n) is 2.67. The second-order valence-corrected chi connectivity index (χ2v) is 6.53. The Hall–Kier alpha value is -2.55. The van der Waals surface area contributed by atoms with Crippen LogP contribution in [0.2, 0.25) is 0 Å². The third kappa shape index (κ3) is 7.30. The molecule has 0 radical (unpaired) electrons. The Labute approximate surface area is 164 Å². The number of hydrogen-bond donors (Lipinski definition) is 0. The van der Waals surface area contributed by atoms with Crippen molar-refractivity contribution in [2.45, 2.75) is 48.5 Å². The van der Waals surface area contributed by atoms with Crippen LogP contribution in [0.1, 0.15) is 49.9 Å². The van der Waals surface area contributed by atoms with Gasteiger partial charge in [-0.3, -0.25) is 0 Å². The molecule has 0 aromatic heterocycles. The minimum atomic E-state index is -0.308. The van der Waals surface area contributed by atoms with E-state index in [1.165, 1.54) is 28.3 Å². The summed E-state index contributed by atoms with van der Waals surface area (Å²) in [5.41, 5.74) is 6.84. The average Bonchev–Trinajstić information content (AvgIpc) is 2.59. The molecule has 3 heteroatoms. The van der Waals surface area contributed by atoms with Crippen molar-refractivity contribution in [1.82, 2.24) is 0 Å². The molecule has 0 N–H and O–H groups in total. The number of aryl methyl sites for hydroxylation is 1. The number of carbonyl (C=O) groups is 1. The van der Waals surface area contributed by atoms with Gasteiger partial charge in [0, 0.05) is 6.08 Å². The van der Waals surface area contributed by atoms with Crippen molar-refractivity contribution in [2.75, 3.05) is 13.2 Å². The lowest BCUT2D eigenvalue weighted by molar-refractivity contribution is -0.137. The predicted molar refractivity (Wildman–Crippen MR) is 114 cm³/mol. The van der Waals surface area contributed by atoms with Crippen LogP contribution in [0, 0.1) is 20.8 Å². The van der Waals surface area contributed by atoms with Crippen molar-refractivity contribution in [2.24, 2.45) is 0 Å². The molecule has 0 fully saturated rings. The van der Waals surface area contributed by atoms with Crippen LogP contribution in [0.3, 0.4) is 0 Å². The molecule has 0 saturated carbocycles. The number of carbonyl (C=O) groups excluding carboxylic acids is 1. The van der Waals surface area contributed by atoms with E-state index in [0.717, 1.165) is 16.9 Å². The van der Waals surface area contributed by atoms with Gasteiger partial charge in [0.1, 0.15) is 5.75 Å². The van der Waals surface area contributed by atoms with Crippen LogP contribution in [0.4, 0.5) is 0 Å². The van der Waals surface area contributed by atoms with E-state index in [4.69, 9.17) is 9.47 Å². The maximum Gasteiger partial charge on any atom is 0.330 e. The SMILES string of the molecule is CCOC(=O)/C=C(C)/C=C/C=C(C)/C=C/c1c(C)cc(OCC)c(C)c1C. The number of ether oxygens (including phenoxy) is 2. The van der Waals surface area contributed by atoms with Crippen LogP contribution in [-0.4, -0.2) is 19.2 Å². The highest BCUT2D eigenvalue weighted by Crippen LogP contribution is 2.28. The third-order valence-corrected chi connectivity index (χ3v) is 4.27. The maximum atomic E-state index is 11.4. The molecule has 0 aliphatic heterocycles. The molecule has 0 amide bonds. The molecule has 3 nitrogen and oxygen atoms in total. The largest absolute Gasteiger partial charge is 0.494 e. The van der Waals surface area contributed by atoms with E-state index < -0.39 is 0 Å². The zero-order valence-electron chi connectivity index (χ0n) is 17.7. The molecule has 146 valence electrons. The van der Waals surface area contributed by atoms with Gasteiger partial charge in [-0.2, -0.15) is 0 Å². The molecule has 0 aliphatic carbocycles. The van der Waals surface area contributed by atoms with Crippen LogP contribution in [0.25, 0.3) is 6.08 Å². The van der Waals surface area contributed by atoms with E-state index in [1.54, 1.807) is 6.92 Å². The molecular formula is C24H32O3. The molecule has 0 aliphatic rings. The maximum absolute atomic E-state index is 11.4. The van der Waals surface area contributed by atoms with Crippen molar-refractivity contribution >= 4 is 12.0 Å². The number of esters is 1. The lowest BCUT2D eigenvalue weighted by Gasteiger charge is -2.14. The normalized spacial score (nSPS) is 12.9. The lowest BCUT2D eigenvalue weighted by Crippen LogP contribution is -1.99. The molecule has 1 aromatic carbocycles. The van der Waals surface area contributed by atoms with Crippen molar-refractivity contribution in [3.63, 3.8) is 0 Å². The average molecular weight is 369 g/mol. The Bertz CT molecular complexity index is 777. The Morgan fingerprint density at radius 3 is 2.33 bits per heavy atom. The summed E-state index contributed by atoms with van der Waals surface area (Å²) in [7, 11) is 0. The van der Waals surface area contributed by atoms with Gasteiger partial charge >= 0.3 is 5.97 Å². The summed E-state index contributed by atoms with van der Waals surface area (Å²) in [6.07, 6.45) is 11.6. The standard InChI is InChI=1S/C24H32O3/c1-8-26-23-16-19(5)22(20(6)21(23)7)14-13-17(3)11-10-12-18(4)15-24(25)27-9-2/h10-16H,8-9H2,1-7H3/b12-10+,14-13+,17-11+,18-15+. The summed E-state index contributed by atoms with van der Waals surface area (Å²) < 4.78 is 10.6. The second-order valence-electron chi connectivity index (χ2n) is 6.53. The van der Waals surface area contributed by atoms with E-state index in [2.05, 4.69) is 45.9 Å².